The van der Waals surface area contributed by atoms with Gasteiger partial charge in [0.05, 0.1) is 0 Å². The molecule has 6 rings (SSSR count). The summed E-state index contributed by atoms with van der Waals surface area (Å²) in [4.78, 5) is 4.74. The third kappa shape index (κ3) is 9.96. The summed E-state index contributed by atoms with van der Waals surface area (Å²) >= 11 is 0. The van der Waals surface area contributed by atoms with Gasteiger partial charge in [-0.25, -0.2) is 0 Å². The molecule has 0 bridgehead atoms. The first-order valence-corrected chi connectivity index (χ1v) is 16.9. The summed E-state index contributed by atoms with van der Waals surface area (Å²) in [5.41, 5.74) is 5.70. The number of rotatable bonds is 9. The number of nitrogens with zero attached hydrogens (tertiary/aromatic N) is 4. The van der Waals surface area contributed by atoms with Crippen LogP contribution in [0.5, 0.6) is 11.5 Å². The van der Waals surface area contributed by atoms with Crippen molar-refractivity contribution in [3.05, 3.63) is 126 Å². The Hall–Kier alpha value is -3.10. The van der Waals surface area contributed by atoms with Crippen molar-refractivity contribution in [1.29, 1.82) is 0 Å². The Balaban J connectivity index is 0.000000238. The van der Waals surface area contributed by atoms with Gasteiger partial charge in [-0.15, -0.1) is 13.1 Å². The Morgan fingerprint density at radius 2 is 1.11 bits per heavy atom. The van der Waals surface area contributed by atoms with E-state index in [9.17, 15) is 10.2 Å². The second kappa shape index (κ2) is 20.3. The summed E-state index contributed by atoms with van der Waals surface area (Å²) in [5, 5.41) is 31.0. The van der Waals surface area contributed by atoms with Gasteiger partial charge in [0.2, 0.25) is 0 Å². The van der Waals surface area contributed by atoms with E-state index in [4.69, 9.17) is 10.6 Å². The zero-order chi connectivity index (χ0) is 32.7. The molecule has 1 radical (unpaired) electrons. The molecule has 4 aromatic carbocycles. The largest absolute Gasteiger partial charge is 0.643 e. The van der Waals surface area contributed by atoms with Crippen LogP contribution in [0, 0.1) is 6.92 Å². The first-order chi connectivity index (χ1) is 22.6. The average Bonchev–Trinajstić information content (AvgIpc) is 3.58. The molecule has 0 spiro atoms. The van der Waals surface area contributed by atoms with E-state index in [1.54, 1.807) is 6.92 Å². The fourth-order valence-electron chi connectivity index (χ4n) is 6.22. The average molecular weight is 671 g/mol. The fraction of sp³-hybridized carbons (Fsp3) is 0.375. The number of hydrogen-bond donors (Lipinski definition) is 2. The minimum absolute atomic E-state index is 0. The molecular weight excluding hydrogens is 619 g/mol. The minimum atomic E-state index is -0.0163. The first kappa shape index (κ1) is 38.4. The van der Waals surface area contributed by atoms with Crippen molar-refractivity contribution in [1.82, 2.24) is 9.80 Å². The summed E-state index contributed by atoms with van der Waals surface area (Å²) in [7, 11) is 0. The smallest absolute Gasteiger partial charge is 0.126 e. The van der Waals surface area contributed by atoms with Gasteiger partial charge in [-0.3, -0.25) is 0 Å². The molecule has 2 atom stereocenters. The number of phenols is 2. The van der Waals surface area contributed by atoms with Gasteiger partial charge in [-0.1, -0.05) is 136 Å². The summed E-state index contributed by atoms with van der Waals surface area (Å²) in [6, 6.07) is 32.1. The van der Waals surface area contributed by atoms with E-state index in [2.05, 4.69) is 30.6 Å². The maximum Gasteiger partial charge on any atom is 0.126 e. The molecule has 0 aromatic heterocycles. The molecule has 2 aliphatic rings. The summed E-state index contributed by atoms with van der Waals surface area (Å²) in [6.07, 6.45) is 4.54. The minimum Gasteiger partial charge on any atom is -0.643 e. The molecule has 0 amide bonds. The predicted molar refractivity (Wildman–Crippen MR) is 193 cm³/mol. The number of hydrogen-bond acceptors (Lipinski definition) is 4. The number of aromatic hydroxyl groups is 2. The normalized spacial score (nSPS) is 17.9. The van der Waals surface area contributed by atoms with Gasteiger partial charge in [-0.2, -0.15) is 6.92 Å². The van der Waals surface area contributed by atoms with Crippen LogP contribution < -0.4 is 0 Å². The van der Waals surface area contributed by atoms with Gasteiger partial charge in [0.25, 0.3) is 0 Å². The van der Waals surface area contributed by atoms with Crippen LogP contribution in [-0.4, -0.2) is 59.3 Å². The molecule has 0 aliphatic carbocycles. The summed E-state index contributed by atoms with van der Waals surface area (Å²) in [5.74, 6) is 0.733. The van der Waals surface area contributed by atoms with E-state index < -0.39 is 0 Å². The van der Waals surface area contributed by atoms with E-state index in [0.717, 1.165) is 85.5 Å². The Kier molecular flexibility index (Phi) is 16.6. The molecule has 47 heavy (non-hydrogen) atoms. The van der Waals surface area contributed by atoms with Crippen LogP contribution in [0.4, 0.5) is 0 Å². The quantitative estimate of drug-likeness (QED) is 0.174. The molecular formula is C40H51N4O2V-3. The van der Waals surface area contributed by atoms with Gasteiger partial charge >= 0.3 is 0 Å². The predicted octanol–water partition coefficient (Wildman–Crippen LogP) is 9.93. The number of unbranched alkanes of at least 4 members (excludes halogenated alkanes) is 1. The second-order valence-corrected chi connectivity index (χ2v) is 11.6. The third-order valence-corrected chi connectivity index (χ3v) is 8.46. The first-order valence-electron chi connectivity index (χ1n) is 16.9. The van der Waals surface area contributed by atoms with Gasteiger partial charge in [0, 0.05) is 29.7 Å². The van der Waals surface area contributed by atoms with Crippen LogP contribution in [0.3, 0.4) is 0 Å². The van der Waals surface area contributed by atoms with Gasteiger partial charge in [-0.05, 0) is 61.3 Å². The van der Waals surface area contributed by atoms with Crippen molar-refractivity contribution in [2.75, 3.05) is 39.3 Å². The molecule has 2 unspecified atom stereocenters. The second-order valence-electron chi connectivity index (χ2n) is 11.6. The van der Waals surface area contributed by atoms with Gasteiger partial charge in [0.15, 0.2) is 0 Å². The van der Waals surface area contributed by atoms with Gasteiger partial charge in [0.1, 0.15) is 11.5 Å². The zero-order valence-electron chi connectivity index (χ0n) is 28.3. The molecule has 6 nitrogen and oxygen atoms in total. The monoisotopic (exact) mass is 670 g/mol. The van der Waals surface area contributed by atoms with Crippen LogP contribution >= 0.6 is 0 Å². The molecule has 251 valence electrons. The van der Waals surface area contributed by atoms with Crippen LogP contribution in [0.2, 0.25) is 0 Å². The van der Waals surface area contributed by atoms with E-state index in [1.165, 1.54) is 12.8 Å². The molecule has 0 saturated carbocycles. The third-order valence-electron chi connectivity index (χ3n) is 8.46. The Bertz CT molecular complexity index is 1450. The van der Waals surface area contributed by atoms with E-state index in [1.807, 2.05) is 97.1 Å². The number of phenolic OH excluding ortho intramolecular Hbond substituents is 2. The van der Waals surface area contributed by atoms with Crippen LogP contribution in [0.15, 0.2) is 97.1 Å². The summed E-state index contributed by atoms with van der Waals surface area (Å²) < 4.78 is 0. The van der Waals surface area contributed by atoms with Crippen molar-refractivity contribution in [3.63, 3.8) is 0 Å². The topological polar surface area (TPSA) is 75.1 Å². The fourth-order valence-corrected chi connectivity index (χ4v) is 6.22. The molecule has 4 aromatic rings. The van der Waals surface area contributed by atoms with Gasteiger partial charge < -0.3 is 37.6 Å². The number of benzene rings is 4. The van der Waals surface area contributed by atoms with E-state index >= 15 is 0 Å². The molecule has 2 saturated heterocycles. The van der Waals surface area contributed by atoms with Crippen molar-refractivity contribution in [3.8, 4) is 33.8 Å². The van der Waals surface area contributed by atoms with Crippen LogP contribution in [-0.2, 0) is 18.6 Å². The Morgan fingerprint density at radius 1 is 0.617 bits per heavy atom. The van der Waals surface area contributed by atoms with Crippen molar-refractivity contribution < 1.29 is 28.8 Å². The van der Waals surface area contributed by atoms with Crippen LogP contribution in [0.1, 0.15) is 69.9 Å². The SMILES string of the molecule is CCCCN1CC[N-]C1c1cccc(-c2ccccc2)c1O.CCCN1CCC[N-]C1c1cccc(-c2ccccc2)c1O.[CH2-]C.[V]. The Labute approximate surface area is 295 Å². The maximum atomic E-state index is 10.8. The van der Waals surface area contributed by atoms with Crippen molar-refractivity contribution in [2.24, 2.45) is 0 Å². The zero-order valence-corrected chi connectivity index (χ0v) is 29.7. The Morgan fingerprint density at radius 3 is 1.60 bits per heavy atom. The van der Waals surface area contributed by atoms with E-state index in [-0.39, 0.29) is 30.9 Å². The molecule has 7 heteroatoms. The molecule has 2 heterocycles. The summed E-state index contributed by atoms with van der Waals surface area (Å²) in [6.45, 7) is 15.2. The van der Waals surface area contributed by atoms with Crippen molar-refractivity contribution >= 4 is 0 Å². The van der Waals surface area contributed by atoms with Crippen LogP contribution in [0.25, 0.3) is 32.9 Å². The molecule has 2 aliphatic heterocycles. The molecule has 2 fully saturated rings. The molecule has 2 N–H and O–H groups in total. The maximum absolute atomic E-state index is 10.8. The van der Waals surface area contributed by atoms with Crippen molar-refractivity contribution in [2.45, 2.75) is 58.8 Å². The number of para-hydroxylation sites is 2. The van der Waals surface area contributed by atoms with E-state index in [0.29, 0.717) is 11.5 Å². The standard InChI is InChI=1S/2C19H23N2O.C2H5.V/c1-2-13-21-14-7-12-20-19(21)17-11-6-10-16(18(17)22)15-8-4-3-5-9-15;1-2-3-13-21-14-12-20-19(21)17-11-7-10-16(18(17)22)15-8-5-4-6-9-15;1-2;/h3-6,8-11,19,22H,2,7,12-14H2,1H3;4-11,19,22H,2-3,12-14H2,1H3;1H2,2H3;/q3*-1;.